The Morgan fingerprint density at radius 1 is 1.38 bits per heavy atom. The highest BCUT2D eigenvalue weighted by atomic mass is 32.1. The quantitative estimate of drug-likeness (QED) is 0.898. The molecule has 1 saturated heterocycles. The molecule has 1 fully saturated rings. The molecule has 1 aliphatic heterocycles. The monoisotopic (exact) mass is 349 g/mol. The fourth-order valence-corrected chi connectivity index (χ4v) is 4.40. The summed E-state index contributed by atoms with van der Waals surface area (Å²) in [4.78, 5) is 12.8. The van der Waals surface area contributed by atoms with Gasteiger partial charge in [0.2, 0.25) is 0 Å². The molecule has 2 aromatic heterocycles. The van der Waals surface area contributed by atoms with Crippen LogP contribution in [0.3, 0.4) is 0 Å². The van der Waals surface area contributed by atoms with Gasteiger partial charge in [0.05, 0.1) is 30.7 Å². The molecule has 2 aromatic rings. The third kappa shape index (κ3) is 3.71. The lowest BCUT2D eigenvalue weighted by Crippen LogP contribution is -2.47. The third-order valence-electron chi connectivity index (χ3n) is 4.34. The van der Waals surface area contributed by atoms with Gasteiger partial charge in [-0.25, -0.2) is 9.97 Å². The van der Waals surface area contributed by atoms with Crippen LogP contribution in [0.1, 0.15) is 38.6 Å². The van der Waals surface area contributed by atoms with Crippen molar-refractivity contribution in [3.8, 4) is 0 Å². The number of aliphatic hydroxyl groups excluding tert-OH is 1. The zero-order valence-electron chi connectivity index (χ0n) is 15.0. The van der Waals surface area contributed by atoms with Crippen LogP contribution in [0.2, 0.25) is 0 Å². The molecule has 0 bridgehead atoms. The van der Waals surface area contributed by atoms with Crippen LogP contribution in [0.4, 0.5) is 5.82 Å². The first-order valence-electron chi connectivity index (χ1n) is 8.73. The van der Waals surface area contributed by atoms with E-state index in [1.54, 1.807) is 11.3 Å². The highest BCUT2D eigenvalue weighted by molar-refractivity contribution is 7.17. The Kier molecular flexibility index (Phi) is 5.37. The Bertz CT molecular complexity index is 699. The molecule has 24 heavy (non-hydrogen) atoms. The van der Waals surface area contributed by atoms with Crippen LogP contribution in [-0.4, -0.2) is 47.0 Å². The molecule has 2 unspecified atom stereocenters. The SMILES string of the molecule is Cc1nc(N2CCOCC2CC(C)O)c2c(CC(C)C)csc2n1. The first-order valence-corrected chi connectivity index (χ1v) is 9.60. The maximum absolute atomic E-state index is 9.86. The average Bonchev–Trinajstić information content (AvgIpc) is 2.88. The number of anilines is 1. The van der Waals surface area contributed by atoms with Gasteiger partial charge >= 0.3 is 0 Å². The summed E-state index contributed by atoms with van der Waals surface area (Å²) in [5.74, 6) is 2.41. The fraction of sp³-hybridized carbons (Fsp3) is 0.667. The summed E-state index contributed by atoms with van der Waals surface area (Å²) in [5.41, 5.74) is 1.34. The molecule has 0 radical (unpaired) electrons. The Hall–Kier alpha value is -1.24. The number of hydrogen-bond acceptors (Lipinski definition) is 6. The summed E-state index contributed by atoms with van der Waals surface area (Å²) < 4.78 is 5.66. The van der Waals surface area contributed by atoms with E-state index in [4.69, 9.17) is 9.72 Å². The zero-order valence-corrected chi connectivity index (χ0v) is 15.8. The van der Waals surface area contributed by atoms with Crippen LogP contribution in [-0.2, 0) is 11.2 Å². The molecule has 0 saturated carbocycles. The largest absolute Gasteiger partial charge is 0.393 e. The first-order chi connectivity index (χ1) is 11.5. The highest BCUT2D eigenvalue weighted by Gasteiger charge is 2.28. The minimum atomic E-state index is -0.352. The maximum Gasteiger partial charge on any atom is 0.141 e. The Balaban J connectivity index is 2.07. The van der Waals surface area contributed by atoms with E-state index in [2.05, 4.69) is 29.1 Å². The minimum Gasteiger partial charge on any atom is -0.393 e. The van der Waals surface area contributed by atoms with Gasteiger partial charge in [0.1, 0.15) is 16.5 Å². The molecular weight excluding hydrogens is 322 g/mol. The molecule has 0 amide bonds. The molecule has 0 aliphatic carbocycles. The number of aliphatic hydroxyl groups is 1. The van der Waals surface area contributed by atoms with Crippen LogP contribution in [0.25, 0.3) is 10.2 Å². The number of hydrogen-bond donors (Lipinski definition) is 1. The Morgan fingerprint density at radius 3 is 2.88 bits per heavy atom. The number of nitrogens with zero attached hydrogens (tertiary/aromatic N) is 3. The van der Waals surface area contributed by atoms with E-state index in [1.807, 2.05) is 13.8 Å². The van der Waals surface area contributed by atoms with E-state index in [-0.39, 0.29) is 12.1 Å². The molecule has 0 spiro atoms. The summed E-state index contributed by atoms with van der Waals surface area (Å²) in [5, 5.41) is 13.3. The highest BCUT2D eigenvalue weighted by Crippen LogP contribution is 2.35. The summed E-state index contributed by atoms with van der Waals surface area (Å²) >= 11 is 1.70. The second kappa shape index (κ2) is 7.33. The van der Waals surface area contributed by atoms with E-state index < -0.39 is 0 Å². The predicted octanol–water partition coefficient (Wildman–Crippen LogP) is 3.17. The molecule has 1 N–H and O–H groups in total. The van der Waals surface area contributed by atoms with E-state index in [0.29, 0.717) is 25.6 Å². The van der Waals surface area contributed by atoms with Gasteiger partial charge in [0, 0.05) is 6.54 Å². The molecule has 2 atom stereocenters. The number of thiophene rings is 1. The van der Waals surface area contributed by atoms with Crippen molar-refractivity contribution < 1.29 is 9.84 Å². The molecule has 3 rings (SSSR count). The molecule has 132 valence electrons. The number of rotatable bonds is 5. The van der Waals surface area contributed by atoms with Gasteiger partial charge in [0.25, 0.3) is 0 Å². The molecule has 1 aliphatic rings. The molecular formula is C18H27N3O2S. The summed E-state index contributed by atoms with van der Waals surface area (Å²) in [6, 6.07) is 0.156. The Labute approximate surface area is 147 Å². The summed E-state index contributed by atoms with van der Waals surface area (Å²) in [6.45, 7) is 10.4. The van der Waals surface area contributed by atoms with Gasteiger partial charge in [-0.2, -0.15) is 0 Å². The van der Waals surface area contributed by atoms with Crippen LogP contribution in [0.15, 0.2) is 5.38 Å². The van der Waals surface area contributed by atoms with Crippen molar-refractivity contribution in [1.29, 1.82) is 0 Å². The minimum absolute atomic E-state index is 0.156. The van der Waals surface area contributed by atoms with Gasteiger partial charge in [-0.15, -0.1) is 11.3 Å². The standard InChI is InChI=1S/C18H27N3O2S/c1-11(2)7-14-10-24-18-16(14)17(19-13(4)20-18)21-5-6-23-9-15(21)8-12(3)22/h10-12,15,22H,5-9H2,1-4H3. The fourth-order valence-electron chi connectivity index (χ4n) is 3.41. The second-order valence-corrected chi connectivity index (χ2v) is 8.00. The normalized spacial score (nSPS) is 20.1. The van der Waals surface area contributed by atoms with Crippen LogP contribution in [0, 0.1) is 12.8 Å². The summed E-state index contributed by atoms with van der Waals surface area (Å²) in [7, 11) is 0. The predicted molar refractivity (Wildman–Crippen MR) is 98.9 cm³/mol. The maximum atomic E-state index is 9.86. The number of fused-ring (bicyclic) bond motifs is 1. The second-order valence-electron chi connectivity index (χ2n) is 7.14. The number of morpholine rings is 1. The van der Waals surface area contributed by atoms with Gasteiger partial charge in [-0.1, -0.05) is 13.8 Å². The molecule has 5 nitrogen and oxygen atoms in total. The zero-order chi connectivity index (χ0) is 17.3. The topological polar surface area (TPSA) is 58.5 Å². The smallest absolute Gasteiger partial charge is 0.141 e. The van der Waals surface area contributed by atoms with Crippen molar-refractivity contribution in [2.45, 2.75) is 52.7 Å². The molecule has 6 heteroatoms. The number of aromatic nitrogens is 2. The van der Waals surface area contributed by atoms with Crippen molar-refractivity contribution in [3.05, 3.63) is 16.8 Å². The van der Waals surface area contributed by atoms with Crippen molar-refractivity contribution in [1.82, 2.24) is 9.97 Å². The third-order valence-corrected chi connectivity index (χ3v) is 5.26. The van der Waals surface area contributed by atoms with E-state index in [9.17, 15) is 5.11 Å². The van der Waals surface area contributed by atoms with Gasteiger partial charge < -0.3 is 14.7 Å². The lowest BCUT2D eigenvalue weighted by Gasteiger charge is -2.37. The van der Waals surface area contributed by atoms with E-state index in [1.165, 1.54) is 10.9 Å². The summed E-state index contributed by atoms with van der Waals surface area (Å²) in [6.07, 6.45) is 1.37. The van der Waals surface area contributed by atoms with Crippen molar-refractivity contribution in [3.63, 3.8) is 0 Å². The van der Waals surface area contributed by atoms with E-state index in [0.717, 1.165) is 29.4 Å². The first kappa shape index (κ1) is 17.6. The lowest BCUT2D eigenvalue weighted by atomic mass is 10.0. The number of ether oxygens (including phenoxy) is 1. The van der Waals surface area contributed by atoms with E-state index >= 15 is 0 Å². The van der Waals surface area contributed by atoms with Crippen LogP contribution < -0.4 is 4.90 Å². The Morgan fingerprint density at radius 2 is 2.17 bits per heavy atom. The van der Waals surface area contributed by atoms with Crippen LogP contribution in [0.5, 0.6) is 0 Å². The van der Waals surface area contributed by atoms with Crippen molar-refractivity contribution >= 4 is 27.4 Å². The lowest BCUT2D eigenvalue weighted by molar-refractivity contribution is 0.0719. The van der Waals surface area contributed by atoms with Crippen LogP contribution >= 0.6 is 11.3 Å². The van der Waals surface area contributed by atoms with Gasteiger partial charge in [-0.05, 0) is 43.6 Å². The van der Waals surface area contributed by atoms with Gasteiger partial charge in [0.15, 0.2) is 0 Å². The van der Waals surface area contributed by atoms with Crippen molar-refractivity contribution in [2.75, 3.05) is 24.7 Å². The van der Waals surface area contributed by atoms with Crippen molar-refractivity contribution in [2.24, 2.45) is 5.92 Å². The number of aryl methyl sites for hydroxylation is 1. The molecule has 0 aromatic carbocycles. The average molecular weight is 350 g/mol. The molecule has 3 heterocycles. The van der Waals surface area contributed by atoms with Gasteiger partial charge in [-0.3, -0.25) is 0 Å².